The first-order chi connectivity index (χ1) is 13.5. The molecule has 4 rings (SSSR count). The number of hydrogen-bond donors (Lipinski definition) is 2. The number of halogens is 3. The van der Waals surface area contributed by atoms with Crippen molar-refractivity contribution in [1.82, 2.24) is 5.32 Å². The van der Waals surface area contributed by atoms with Crippen molar-refractivity contribution in [2.45, 2.75) is 18.6 Å². The molecule has 1 aliphatic heterocycles. The third kappa shape index (κ3) is 4.33. The lowest BCUT2D eigenvalue weighted by atomic mass is 9.93. The van der Waals surface area contributed by atoms with Crippen molar-refractivity contribution < 1.29 is 5.11 Å². The molecule has 1 aliphatic rings. The standard InChI is InChI=1S/C22H17Br2ClN2O/c23-15-5-1-14(2-6-15)22-26-19(13-3-8-17(25)9-4-13)12-20(27-22)18-11-16(24)7-10-21(18)28/h1-11,20,22,27-28H,12H2/t20-,22+/m1/s1. The SMILES string of the molecule is Oc1ccc(Br)cc1[C@H]1CC(c2ccc(Cl)cc2)=N[C@H](c2ccc(Br)cc2)N1. The van der Waals surface area contributed by atoms with Crippen molar-refractivity contribution in [3.63, 3.8) is 0 Å². The zero-order valence-corrected chi connectivity index (χ0v) is 18.7. The van der Waals surface area contributed by atoms with Crippen LogP contribution in [0.2, 0.25) is 5.02 Å². The Kier molecular flexibility index (Phi) is 5.88. The summed E-state index contributed by atoms with van der Waals surface area (Å²) in [6.07, 6.45) is 0.453. The predicted octanol–water partition coefficient (Wildman–Crippen LogP) is 6.79. The summed E-state index contributed by atoms with van der Waals surface area (Å²) in [4.78, 5) is 4.96. The van der Waals surface area contributed by atoms with E-state index in [0.717, 1.165) is 31.3 Å². The second-order valence-electron chi connectivity index (χ2n) is 6.66. The fraction of sp³-hybridized carbons (Fsp3) is 0.136. The Morgan fingerprint density at radius 2 is 1.61 bits per heavy atom. The Hall–Kier alpha value is -1.66. The molecule has 3 aromatic carbocycles. The van der Waals surface area contributed by atoms with E-state index >= 15 is 0 Å². The largest absolute Gasteiger partial charge is 0.508 e. The van der Waals surface area contributed by atoms with Gasteiger partial charge >= 0.3 is 0 Å². The number of aromatic hydroxyl groups is 1. The van der Waals surface area contributed by atoms with Crippen LogP contribution in [0.25, 0.3) is 0 Å². The first-order valence-electron chi connectivity index (χ1n) is 8.82. The zero-order chi connectivity index (χ0) is 19.7. The lowest BCUT2D eigenvalue weighted by Crippen LogP contribution is -2.33. The Morgan fingerprint density at radius 3 is 2.32 bits per heavy atom. The maximum Gasteiger partial charge on any atom is 0.126 e. The quantitative estimate of drug-likeness (QED) is 0.399. The van der Waals surface area contributed by atoms with Crippen molar-refractivity contribution in [1.29, 1.82) is 0 Å². The monoisotopic (exact) mass is 518 g/mol. The molecule has 0 saturated heterocycles. The summed E-state index contributed by atoms with van der Waals surface area (Å²) in [5.74, 6) is 0.271. The molecule has 142 valence electrons. The van der Waals surface area contributed by atoms with Crippen LogP contribution in [0.3, 0.4) is 0 Å². The number of aliphatic imine (C=N–C) groups is 1. The van der Waals surface area contributed by atoms with Crippen LogP contribution in [0, 0.1) is 0 Å². The van der Waals surface area contributed by atoms with Gasteiger partial charge in [-0.2, -0.15) is 0 Å². The molecular formula is C22H17Br2ClN2O. The van der Waals surface area contributed by atoms with Gasteiger partial charge in [0.25, 0.3) is 0 Å². The van der Waals surface area contributed by atoms with Crippen LogP contribution in [-0.2, 0) is 0 Å². The van der Waals surface area contributed by atoms with Crippen LogP contribution < -0.4 is 5.32 Å². The van der Waals surface area contributed by atoms with Gasteiger partial charge in [-0.25, -0.2) is 0 Å². The van der Waals surface area contributed by atoms with Crippen molar-refractivity contribution >= 4 is 49.2 Å². The number of hydrogen-bond acceptors (Lipinski definition) is 3. The van der Waals surface area contributed by atoms with Gasteiger partial charge in [-0.05, 0) is 53.6 Å². The molecule has 0 unspecified atom stereocenters. The van der Waals surface area contributed by atoms with Gasteiger partial charge in [0.1, 0.15) is 11.9 Å². The number of phenolic OH excluding ortho intramolecular Hbond substituents is 1. The third-order valence-electron chi connectivity index (χ3n) is 4.77. The van der Waals surface area contributed by atoms with Gasteiger partial charge in [0, 0.05) is 37.7 Å². The Balaban J connectivity index is 1.76. The molecule has 3 nitrogen and oxygen atoms in total. The average molecular weight is 521 g/mol. The summed E-state index contributed by atoms with van der Waals surface area (Å²) >= 11 is 13.1. The molecule has 3 aromatic rings. The smallest absolute Gasteiger partial charge is 0.126 e. The number of nitrogens with zero attached hydrogens (tertiary/aromatic N) is 1. The van der Waals surface area contributed by atoms with E-state index in [0.29, 0.717) is 11.4 Å². The van der Waals surface area contributed by atoms with Gasteiger partial charge in [0.2, 0.25) is 0 Å². The van der Waals surface area contributed by atoms with E-state index in [4.69, 9.17) is 16.6 Å². The average Bonchev–Trinajstić information content (AvgIpc) is 2.70. The van der Waals surface area contributed by atoms with Crippen molar-refractivity contribution in [3.8, 4) is 5.75 Å². The van der Waals surface area contributed by atoms with E-state index in [2.05, 4.69) is 37.2 Å². The van der Waals surface area contributed by atoms with E-state index < -0.39 is 0 Å². The highest BCUT2D eigenvalue weighted by molar-refractivity contribution is 9.10. The number of phenols is 1. The highest BCUT2D eigenvalue weighted by Crippen LogP contribution is 2.36. The van der Waals surface area contributed by atoms with Gasteiger partial charge in [0.05, 0.1) is 0 Å². The molecule has 0 fully saturated rings. The van der Waals surface area contributed by atoms with Crippen LogP contribution in [0.15, 0.2) is 80.7 Å². The van der Waals surface area contributed by atoms with Crippen molar-refractivity contribution in [2.75, 3.05) is 0 Å². The molecule has 0 amide bonds. The molecule has 0 aliphatic carbocycles. The molecule has 0 aromatic heterocycles. The number of rotatable bonds is 3. The molecule has 0 bridgehead atoms. The highest BCUT2D eigenvalue weighted by atomic mass is 79.9. The Morgan fingerprint density at radius 1 is 0.929 bits per heavy atom. The molecule has 2 atom stereocenters. The maximum absolute atomic E-state index is 10.4. The minimum atomic E-state index is -0.212. The summed E-state index contributed by atoms with van der Waals surface area (Å²) in [6, 6.07) is 21.3. The van der Waals surface area contributed by atoms with E-state index in [1.807, 2.05) is 60.7 Å². The van der Waals surface area contributed by atoms with Crippen molar-refractivity contribution in [2.24, 2.45) is 4.99 Å². The second kappa shape index (κ2) is 8.37. The molecule has 28 heavy (non-hydrogen) atoms. The Bertz CT molecular complexity index is 1020. The minimum Gasteiger partial charge on any atom is -0.508 e. The zero-order valence-electron chi connectivity index (χ0n) is 14.7. The van der Waals surface area contributed by atoms with Crippen LogP contribution >= 0.6 is 43.5 Å². The Labute approximate surface area is 185 Å². The van der Waals surface area contributed by atoms with Crippen LogP contribution in [0.1, 0.15) is 35.3 Å². The first kappa shape index (κ1) is 19.6. The fourth-order valence-corrected chi connectivity index (χ4v) is 4.11. The van der Waals surface area contributed by atoms with Gasteiger partial charge in [-0.3, -0.25) is 10.3 Å². The predicted molar refractivity (Wildman–Crippen MR) is 121 cm³/mol. The minimum absolute atomic E-state index is 0.0747. The fourth-order valence-electron chi connectivity index (χ4n) is 3.34. The number of nitrogens with one attached hydrogen (secondary N) is 1. The van der Waals surface area contributed by atoms with Gasteiger partial charge < -0.3 is 5.11 Å². The van der Waals surface area contributed by atoms with Crippen molar-refractivity contribution in [3.05, 3.63) is 97.4 Å². The first-order valence-corrected chi connectivity index (χ1v) is 10.8. The van der Waals surface area contributed by atoms with Crippen LogP contribution in [0.4, 0.5) is 0 Å². The van der Waals surface area contributed by atoms with Gasteiger partial charge in [-0.1, -0.05) is 67.7 Å². The molecule has 2 N–H and O–H groups in total. The highest BCUT2D eigenvalue weighted by Gasteiger charge is 2.27. The van der Waals surface area contributed by atoms with Gasteiger partial charge in [-0.15, -0.1) is 0 Å². The summed E-state index contributed by atoms with van der Waals surface area (Å²) in [7, 11) is 0. The topological polar surface area (TPSA) is 44.6 Å². The summed E-state index contributed by atoms with van der Waals surface area (Å²) in [5.41, 5.74) is 3.92. The van der Waals surface area contributed by atoms with E-state index in [1.165, 1.54) is 0 Å². The third-order valence-corrected chi connectivity index (χ3v) is 6.04. The molecular weight excluding hydrogens is 504 g/mol. The summed E-state index contributed by atoms with van der Waals surface area (Å²) in [6.45, 7) is 0. The van der Waals surface area contributed by atoms with E-state index in [1.54, 1.807) is 6.07 Å². The molecule has 0 saturated carbocycles. The summed E-state index contributed by atoms with van der Waals surface area (Å²) in [5, 5.41) is 14.7. The molecule has 0 spiro atoms. The molecule has 6 heteroatoms. The lowest BCUT2D eigenvalue weighted by Gasteiger charge is -2.31. The maximum atomic E-state index is 10.4. The van der Waals surface area contributed by atoms with E-state index in [-0.39, 0.29) is 18.0 Å². The lowest BCUT2D eigenvalue weighted by molar-refractivity contribution is 0.412. The normalized spacial score (nSPS) is 19.3. The van der Waals surface area contributed by atoms with E-state index in [9.17, 15) is 5.11 Å². The molecule has 1 heterocycles. The van der Waals surface area contributed by atoms with Crippen LogP contribution in [0.5, 0.6) is 5.75 Å². The van der Waals surface area contributed by atoms with Crippen LogP contribution in [-0.4, -0.2) is 10.8 Å². The second-order valence-corrected chi connectivity index (χ2v) is 8.93. The van der Waals surface area contributed by atoms with Gasteiger partial charge in [0.15, 0.2) is 0 Å². The summed E-state index contributed by atoms with van der Waals surface area (Å²) < 4.78 is 1.95. The molecule has 0 radical (unpaired) electrons. The number of benzene rings is 3.